The first kappa shape index (κ1) is 10.5. The van der Waals surface area contributed by atoms with Gasteiger partial charge in [-0.3, -0.25) is 4.79 Å². The summed E-state index contributed by atoms with van der Waals surface area (Å²) in [4.78, 5) is 13.8. The van der Waals surface area contributed by atoms with Crippen LogP contribution in [0.1, 0.15) is 28.2 Å². The fourth-order valence-electron chi connectivity index (χ4n) is 1.01. The van der Waals surface area contributed by atoms with Gasteiger partial charge >= 0.3 is 0 Å². The van der Waals surface area contributed by atoms with Gasteiger partial charge in [0, 0.05) is 12.1 Å². The van der Waals surface area contributed by atoms with Gasteiger partial charge in [-0.15, -0.1) is 0 Å². The lowest BCUT2D eigenvalue weighted by Gasteiger charge is -2.07. The summed E-state index contributed by atoms with van der Waals surface area (Å²) >= 11 is 0. The van der Waals surface area contributed by atoms with Crippen LogP contribution in [0.5, 0.6) is 5.75 Å². The number of hydrogen-bond donors (Lipinski definition) is 2. The maximum atomic E-state index is 12.3. The second-order valence-corrected chi connectivity index (χ2v) is 2.55. The highest BCUT2D eigenvalue weighted by Gasteiger charge is 2.16. The van der Waals surface area contributed by atoms with Gasteiger partial charge in [0.15, 0.2) is 6.29 Å². The van der Waals surface area contributed by atoms with E-state index in [9.17, 15) is 13.6 Å². The maximum Gasteiger partial charge on any atom is 0.265 e. The van der Waals surface area contributed by atoms with Crippen molar-refractivity contribution in [3.8, 4) is 5.75 Å². The van der Waals surface area contributed by atoms with E-state index in [1.54, 1.807) is 0 Å². The summed E-state index contributed by atoms with van der Waals surface area (Å²) in [5, 5.41) is 9.09. The molecule has 0 aromatic carbocycles. The highest BCUT2D eigenvalue weighted by atomic mass is 19.3. The average molecular weight is 202 g/mol. The second kappa shape index (κ2) is 4.10. The van der Waals surface area contributed by atoms with Crippen molar-refractivity contribution in [1.29, 1.82) is 0 Å². The number of aromatic nitrogens is 1. The number of alkyl halides is 2. The number of aldehydes is 1. The zero-order valence-corrected chi connectivity index (χ0v) is 7.08. The van der Waals surface area contributed by atoms with Gasteiger partial charge in [0.1, 0.15) is 11.4 Å². The van der Waals surface area contributed by atoms with E-state index in [1.165, 1.54) is 0 Å². The van der Waals surface area contributed by atoms with Crippen molar-refractivity contribution in [1.82, 2.24) is 4.98 Å². The van der Waals surface area contributed by atoms with Crippen LogP contribution in [-0.4, -0.2) is 16.4 Å². The summed E-state index contributed by atoms with van der Waals surface area (Å²) in [5.74, 6) is -0.562. The zero-order valence-electron chi connectivity index (χ0n) is 7.08. The molecular formula is C8H8F2N2O2. The Morgan fingerprint density at radius 3 is 2.71 bits per heavy atom. The third-order valence-electron chi connectivity index (χ3n) is 1.68. The maximum absolute atomic E-state index is 12.3. The molecule has 0 saturated heterocycles. The largest absolute Gasteiger partial charge is 0.506 e. The van der Waals surface area contributed by atoms with E-state index < -0.39 is 17.7 Å². The van der Waals surface area contributed by atoms with Crippen LogP contribution in [0.4, 0.5) is 8.78 Å². The summed E-state index contributed by atoms with van der Waals surface area (Å²) in [6.07, 6.45) is -2.49. The third-order valence-corrected chi connectivity index (χ3v) is 1.68. The summed E-state index contributed by atoms with van der Waals surface area (Å²) in [7, 11) is 0. The quantitative estimate of drug-likeness (QED) is 0.717. The minimum Gasteiger partial charge on any atom is -0.506 e. The highest BCUT2D eigenvalue weighted by Crippen LogP contribution is 2.26. The number of carbonyl (C=O) groups is 1. The van der Waals surface area contributed by atoms with Crippen LogP contribution in [0.3, 0.4) is 0 Å². The highest BCUT2D eigenvalue weighted by molar-refractivity contribution is 5.76. The Morgan fingerprint density at radius 1 is 1.64 bits per heavy atom. The molecule has 76 valence electrons. The summed E-state index contributed by atoms with van der Waals surface area (Å²) < 4.78 is 24.7. The van der Waals surface area contributed by atoms with Gasteiger partial charge in [0.05, 0.1) is 5.69 Å². The molecule has 4 nitrogen and oxygen atoms in total. The van der Waals surface area contributed by atoms with Crippen molar-refractivity contribution in [3.63, 3.8) is 0 Å². The fraction of sp³-hybridized carbons (Fsp3) is 0.250. The lowest BCUT2D eigenvalue weighted by molar-refractivity contribution is 0.111. The normalized spacial score (nSPS) is 10.6. The van der Waals surface area contributed by atoms with Crippen molar-refractivity contribution in [3.05, 3.63) is 23.0 Å². The van der Waals surface area contributed by atoms with E-state index >= 15 is 0 Å². The molecular weight excluding hydrogens is 194 g/mol. The first-order valence-electron chi connectivity index (χ1n) is 3.76. The molecule has 0 aliphatic rings. The van der Waals surface area contributed by atoms with Crippen LogP contribution in [0, 0.1) is 0 Å². The van der Waals surface area contributed by atoms with Gasteiger partial charge in [-0.25, -0.2) is 13.8 Å². The minimum absolute atomic E-state index is 0.0834. The molecule has 6 heteroatoms. The van der Waals surface area contributed by atoms with Crippen molar-refractivity contribution in [2.45, 2.75) is 13.0 Å². The predicted octanol–water partition coefficient (Wildman–Crippen LogP) is 0.996. The van der Waals surface area contributed by atoms with Gasteiger partial charge < -0.3 is 10.8 Å². The van der Waals surface area contributed by atoms with Crippen LogP contribution in [-0.2, 0) is 6.54 Å². The Hall–Kier alpha value is -1.56. The van der Waals surface area contributed by atoms with Crippen LogP contribution in [0.2, 0.25) is 0 Å². The molecule has 0 fully saturated rings. The topological polar surface area (TPSA) is 76.2 Å². The average Bonchev–Trinajstić information content (AvgIpc) is 2.17. The van der Waals surface area contributed by atoms with E-state index in [1.807, 2.05) is 0 Å². The minimum atomic E-state index is -2.77. The molecule has 0 aliphatic heterocycles. The van der Waals surface area contributed by atoms with E-state index in [4.69, 9.17) is 10.8 Å². The molecule has 0 unspecified atom stereocenters. The molecule has 0 aliphatic carbocycles. The number of rotatable bonds is 3. The van der Waals surface area contributed by atoms with Gasteiger partial charge in [0.2, 0.25) is 0 Å². The SMILES string of the molecule is NCc1nc(C=O)c(O)cc1C(F)F. The fourth-order valence-corrected chi connectivity index (χ4v) is 1.01. The Morgan fingerprint density at radius 2 is 2.29 bits per heavy atom. The molecule has 0 spiro atoms. The Labute approximate surface area is 78.4 Å². The van der Waals surface area contributed by atoms with Crippen molar-refractivity contribution < 1.29 is 18.7 Å². The summed E-state index contributed by atoms with van der Waals surface area (Å²) in [6, 6.07) is 0.809. The number of carbonyl (C=O) groups excluding carboxylic acids is 1. The third kappa shape index (κ3) is 1.85. The van der Waals surface area contributed by atoms with Crippen LogP contribution < -0.4 is 5.73 Å². The molecule has 3 N–H and O–H groups in total. The van der Waals surface area contributed by atoms with Gasteiger partial charge in [-0.2, -0.15) is 0 Å². The Balaban J connectivity index is 3.31. The number of nitrogens with zero attached hydrogens (tertiary/aromatic N) is 1. The molecule has 1 aromatic rings. The zero-order chi connectivity index (χ0) is 10.7. The van der Waals surface area contributed by atoms with Crippen LogP contribution >= 0.6 is 0 Å². The van der Waals surface area contributed by atoms with Gasteiger partial charge in [-0.05, 0) is 6.07 Å². The number of pyridine rings is 1. The number of aromatic hydroxyl groups is 1. The summed E-state index contributed by atoms with van der Waals surface area (Å²) in [6.45, 7) is -0.208. The molecule has 1 heterocycles. The standard InChI is InChI=1S/C8H8F2N2O2/c9-8(10)4-1-7(14)6(3-13)12-5(4)2-11/h1,3,8,14H,2,11H2. The van der Waals surface area contributed by atoms with Crippen molar-refractivity contribution in [2.24, 2.45) is 5.73 Å². The number of nitrogens with two attached hydrogens (primary N) is 1. The predicted molar refractivity (Wildman–Crippen MR) is 44.1 cm³/mol. The van der Waals surface area contributed by atoms with Gasteiger partial charge in [0.25, 0.3) is 6.43 Å². The van der Waals surface area contributed by atoms with Gasteiger partial charge in [-0.1, -0.05) is 0 Å². The molecule has 1 aromatic heterocycles. The van der Waals surface area contributed by atoms with E-state index in [-0.39, 0.29) is 24.2 Å². The molecule has 0 amide bonds. The lowest BCUT2D eigenvalue weighted by atomic mass is 10.1. The Bertz CT molecular complexity index is 355. The smallest absolute Gasteiger partial charge is 0.265 e. The van der Waals surface area contributed by atoms with Crippen molar-refractivity contribution >= 4 is 6.29 Å². The molecule has 0 bridgehead atoms. The number of halogens is 2. The molecule has 0 saturated carbocycles. The molecule has 1 rings (SSSR count). The second-order valence-electron chi connectivity index (χ2n) is 2.55. The number of hydrogen-bond acceptors (Lipinski definition) is 4. The Kier molecular flexibility index (Phi) is 3.08. The monoisotopic (exact) mass is 202 g/mol. The van der Waals surface area contributed by atoms with E-state index in [0.29, 0.717) is 0 Å². The summed E-state index contributed by atoms with van der Waals surface area (Å²) in [5.41, 5.74) is 4.35. The van der Waals surface area contributed by atoms with Crippen LogP contribution in [0.25, 0.3) is 0 Å². The molecule has 0 atom stereocenters. The lowest BCUT2D eigenvalue weighted by Crippen LogP contribution is -2.07. The van der Waals surface area contributed by atoms with E-state index in [0.717, 1.165) is 6.07 Å². The van der Waals surface area contributed by atoms with E-state index in [2.05, 4.69) is 4.98 Å². The van der Waals surface area contributed by atoms with Crippen molar-refractivity contribution in [2.75, 3.05) is 0 Å². The molecule has 0 radical (unpaired) electrons. The molecule has 14 heavy (non-hydrogen) atoms. The first-order chi connectivity index (χ1) is 6.60. The van der Waals surface area contributed by atoms with Crippen LogP contribution in [0.15, 0.2) is 6.07 Å². The first-order valence-corrected chi connectivity index (χ1v) is 3.76.